The summed E-state index contributed by atoms with van der Waals surface area (Å²) in [4.78, 5) is 24.2. The summed E-state index contributed by atoms with van der Waals surface area (Å²) in [5.41, 5.74) is 0. The Hall–Kier alpha value is -1.26. The predicted molar refractivity (Wildman–Crippen MR) is 50.8 cm³/mol. The Bertz CT molecular complexity index is 250. The molecule has 0 bridgehead atoms. The number of nitrogens with one attached hydrogen (secondary N) is 2. The Morgan fingerprint density at radius 3 is 2.86 bits per heavy atom. The molecule has 1 saturated heterocycles. The molecule has 1 aliphatic heterocycles. The van der Waals surface area contributed by atoms with E-state index in [1.807, 2.05) is 0 Å². The molecule has 0 atom stereocenters. The van der Waals surface area contributed by atoms with Gasteiger partial charge in [0.2, 0.25) is 5.91 Å². The second-order valence-corrected chi connectivity index (χ2v) is 3.85. The van der Waals surface area contributed by atoms with Crippen LogP contribution in [-0.4, -0.2) is 42.5 Å². The van der Waals surface area contributed by atoms with E-state index in [1.54, 1.807) is 4.90 Å². The van der Waals surface area contributed by atoms with Crippen LogP contribution in [0, 0.1) is 0 Å². The zero-order valence-corrected chi connectivity index (χ0v) is 8.08. The van der Waals surface area contributed by atoms with Crippen LogP contribution in [0.4, 0.5) is 4.79 Å². The van der Waals surface area contributed by atoms with Crippen LogP contribution in [0.25, 0.3) is 0 Å². The third-order valence-electron chi connectivity index (χ3n) is 2.76. The summed E-state index contributed by atoms with van der Waals surface area (Å²) < 4.78 is 0. The first-order chi connectivity index (χ1) is 6.75. The van der Waals surface area contributed by atoms with Crippen molar-refractivity contribution in [1.82, 2.24) is 15.5 Å². The number of rotatable bonds is 1. The van der Waals surface area contributed by atoms with Gasteiger partial charge in [0.15, 0.2) is 0 Å². The smallest absolute Gasteiger partial charge is 0.318 e. The fraction of sp³-hybridized carbons (Fsp3) is 0.778. The fourth-order valence-corrected chi connectivity index (χ4v) is 1.63. The van der Waals surface area contributed by atoms with Crippen molar-refractivity contribution in [3.63, 3.8) is 0 Å². The van der Waals surface area contributed by atoms with E-state index >= 15 is 0 Å². The predicted octanol–water partition coefficient (Wildman–Crippen LogP) is -0.320. The number of nitrogens with zero attached hydrogens (tertiary/aromatic N) is 1. The van der Waals surface area contributed by atoms with E-state index in [2.05, 4.69) is 10.6 Å². The van der Waals surface area contributed by atoms with Gasteiger partial charge in [-0.1, -0.05) is 0 Å². The second-order valence-electron chi connectivity index (χ2n) is 3.85. The van der Waals surface area contributed by atoms with E-state index in [9.17, 15) is 9.59 Å². The molecular formula is C9H15N3O2. The van der Waals surface area contributed by atoms with Crippen LogP contribution in [0.2, 0.25) is 0 Å². The topological polar surface area (TPSA) is 61.4 Å². The largest absolute Gasteiger partial charge is 0.353 e. The fourth-order valence-electron chi connectivity index (χ4n) is 1.63. The van der Waals surface area contributed by atoms with Crippen molar-refractivity contribution >= 4 is 11.9 Å². The zero-order chi connectivity index (χ0) is 9.97. The molecule has 3 amide bonds. The first-order valence-corrected chi connectivity index (χ1v) is 5.08. The molecular weight excluding hydrogens is 182 g/mol. The van der Waals surface area contributed by atoms with Gasteiger partial charge in [-0.3, -0.25) is 4.79 Å². The first kappa shape index (κ1) is 9.30. The molecule has 78 valence electrons. The second kappa shape index (κ2) is 3.86. The Kier molecular flexibility index (Phi) is 2.56. The quantitative estimate of drug-likeness (QED) is 0.605. The van der Waals surface area contributed by atoms with Gasteiger partial charge in [-0.2, -0.15) is 0 Å². The van der Waals surface area contributed by atoms with E-state index in [0.29, 0.717) is 19.1 Å². The van der Waals surface area contributed by atoms with E-state index in [1.165, 1.54) is 6.42 Å². The maximum Gasteiger partial charge on any atom is 0.318 e. The van der Waals surface area contributed by atoms with Crippen molar-refractivity contribution in [3.05, 3.63) is 0 Å². The molecule has 0 aromatic heterocycles. The number of piperazine rings is 1. The molecule has 1 heterocycles. The molecule has 2 N–H and O–H groups in total. The minimum atomic E-state index is -0.0930. The van der Waals surface area contributed by atoms with E-state index in [0.717, 1.165) is 12.8 Å². The van der Waals surface area contributed by atoms with Crippen molar-refractivity contribution < 1.29 is 9.59 Å². The van der Waals surface area contributed by atoms with Crippen LogP contribution >= 0.6 is 0 Å². The average Bonchev–Trinajstić information content (AvgIpc) is 2.11. The summed E-state index contributed by atoms with van der Waals surface area (Å²) in [6.45, 7) is 1.37. The van der Waals surface area contributed by atoms with Gasteiger partial charge in [-0.05, 0) is 19.3 Å². The highest BCUT2D eigenvalue weighted by molar-refractivity contribution is 5.85. The Labute approximate surface area is 82.8 Å². The summed E-state index contributed by atoms with van der Waals surface area (Å²) in [5.74, 6) is -0.0694. The van der Waals surface area contributed by atoms with Gasteiger partial charge in [0.1, 0.15) is 6.54 Å². The molecule has 2 aliphatic rings. The molecule has 5 heteroatoms. The average molecular weight is 197 g/mol. The number of hydrogen-bond donors (Lipinski definition) is 2. The normalized spacial score (nSPS) is 22.6. The number of carbonyl (C=O) groups excluding carboxylic acids is 2. The molecule has 0 radical (unpaired) electrons. The van der Waals surface area contributed by atoms with Gasteiger partial charge in [-0.25, -0.2) is 4.79 Å². The number of amides is 3. The SMILES string of the molecule is O=C1CN(C(=O)NC2CCC2)CCN1. The van der Waals surface area contributed by atoms with Crippen LogP contribution in [-0.2, 0) is 4.79 Å². The maximum atomic E-state index is 11.6. The molecule has 0 unspecified atom stereocenters. The van der Waals surface area contributed by atoms with Gasteiger partial charge in [0.05, 0.1) is 0 Å². The van der Waals surface area contributed by atoms with E-state index in [-0.39, 0.29) is 18.5 Å². The van der Waals surface area contributed by atoms with Crippen molar-refractivity contribution in [1.29, 1.82) is 0 Å². The highest BCUT2D eigenvalue weighted by atomic mass is 16.2. The molecule has 0 aromatic carbocycles. The lowest BCUT2D eigenvalue weighted by molar-refractivity contribution is -0.123. The van der Waals surface area contributed by atoms with Gasteiger partial charge >= 0.3 is 6.03 Å². The molecule has 1 saturated carbocycles. The van der Waals surface area contributed by atoms with Crippen molar-refractivity contribution in [2.45, 2.75) is 25.3 Å². The van der Waals surface area contributed by atoms with E-state index < -0.39 is 0 Å². The standard InChI is InChI=1S/C9H15N3O2/c13-8-6-12(5-4-10-8)9(14)11-7-2-1-3-7/h7H,1-6H2,(H,10,13)(H,11,14). The summed E-state index contributed by atoms with van der Waals surface area (Å²) in [7, 11) is 0. The summed E-state index contributed by atoms with van der Waals surface area (Å²) >= 11 is 0. The van der Waals surface area contributed by atoms with Crippen LogP contribution < -0.4 is 10.6 Å². The van der Waals surface area contributed by atoms with Crippen LogP contribution in [0.3, 0.4) is 0 Å². The number of carbonyl (C=O) groups is 2. The highest BCUT2D eigenvalue weighted by Gasteiger charge is 2.25. The first-order valence-electron chi connectivity index (χ1n) is 5.08. The Balaban J connectivity index is 1.80. The van der Waals surface area contributed by atoms with Crippen LogP contribution in [0.1, 0.15) is 19.3 Å². The minimum Gasteiger partial charge on any atom is -0.353 e. The van der Waals surface area contributed by atoms with Gasteiger partial charge in [0, 0.05) is 19.1 Å². The van der Waals surface area contributed by atoms with Gasteiger partial charge in [-0.15, -0.1) is 0 Å². The van der Waals surface area contributed by atoms with Crippen LogP contribution in [0.15, 0.2) is 0 Å². The Morgan fingerprint density at radius 2 is 2.29 bits per heavy atom. The zero-order valence-electron chi connectivity index (χ0n) is 8.08. The summed E-state index contributed by atoms with van der Waals surface area (Å²) in [6.07, 6.45) is 3.35. The maximum absolute atomic E-state index is 11.6. The molecule has 0 spiro atoms. The van der Waals surface area contributed by atoms with Gasteiger partial charge in [0.25, 0.3) is 0 Å². The molecule has 2 fully saturated rings. The van der Waals surface area contributed by atoms with Crippen molar-refractivity contribution in [2.24, 2.45) is 0 Å². The lowest BCUT2D eigenvalue weighted by Gasteiger charge is -2.32. The monoisotopic (exact) mass is 197 g/mol. The summed E-state index contributed by atoms with van der Waals surface area (Å²) in [5, 5.41) is 5.60. The molecule has 0 aromatic rings. The summed E-state index contributed by atoms with van der Waals surface area (Å²) in [6, 6.07) is 0.247. The molecule has 2 rings (SSSR count). The molecule has 14 heavy (non-hydrogen) atoms. The van der Waals surface area contributed by atoms with Crippen molar-refractivity contribution in [2.75, 3.05) is 19.6 Å². The lowest BCUT2D eigenvalue weighted by atomic mass is 9.93. The molecule has 5 nitrogen and oxygen atoms in total. The third-order valence-corrected chi connectivity index (χ3v) is 2.76. The highest BCUT2D eigenvalue weighted by Crippen LogP contribution is 2.18. The molecule has 1 aliphatic carbocycles. The minimum absolute atomic E-state index is 0.0694. The van der Waals surface area contributed by atoms with Crippen LogP contribution in [0.5, 0.6) is 0 Å². The number of hydrogen-bond acceptors (Lipinski definition) is 2. The number of urea groups is 1. The van der Waals surface area contributed by atoms with E-state index in [4.69, 9.17) is 0 Å². The lowest BCUT2D eigenvalue weighted by Crippen LogP contribution is -2.55. The third kappa shape index (κ3) is 1.97. The van der Waals surface area contributed by atoms with Crippen molar-refractivity contribution in [3.8, 4) is 0 Å². The Morgan fingerprint density at radius 1 is 1.50 bits per heavy atom. The van der Waals surface area contributed by atoms with Gasteiger partial charge < -0.3 is 15.5 Å².